The van der Waals surface area contributed by atoms with E-state index in [2.05, 4.69) is 10.6 Å². The van der Waals surface area contributed by atoms with Crippen molar-refractivity contribution >= 4 is 17.8 Å². The molecular formula is C24H31FN2O4. The molecular weight excluding hydrogens is 399 g/mol. The molecule has 0 spiro atoms. The van der Waals surface area contributed by atoms with E-state index in [9.17, 15) is 18.8 Å². The molecule has 6 nitrogen and oxygen atoms in total. The molecule has 0 aromatic heterocycles. The van der Waals surface area contributed by atoms with E-state index in [4.69, 9.17) is 4.74 Å². The lowest BCUT2D eigenvalue weighted by Crippen LogP contribution is -2.60. The third-order valence-corrected chi connectivity index (χ3v) is 7.11. The highest BCUT2D eigenvalue weighted by Crippen LogP contribution is 2.55. The van der Waals surface area contributed by atoms with E-state index in [0.29, 0.717) is 17.8 Å². The summed E-state index contributed by atoms with van der Waals surface area (Å²) in [5.41, 5.74) is -0.283. The lowest BCUT2D eigenvalue weighted by molar-refractivity contribution is -0.152. The molecule has 31 heavy (non-hydrogen) atoms. The van der Waals surface area contributed by atoms with Gasteiger partial charge in [0.15, 0.2) is 6.61 Å². The Hall–Kier alpha value is -2.44. The smallest absolute Gasteiger partial charge is 0.329 e. The Morgan fingerprint density at radius 3 is 2.19 bits per heavy atom. The molecule has 7 heteroatoms. The van der Waals surface area contributed by atoms with Gasteiger partial charge in [0.25, 0.3) is 11.8 Å². The minimum atomic E-state index is -0.973. The zero-order valence-corrected chi connectivity index (χ0v) is 18.2. The van der Waals surface area contributed by atoms with Crippen molar-refractivity contribution in [2.75, 3.05) is 6.61 Å². The number of benzene rings is 1. The molecule has 5 rings (SSSR count). The summed E-state index contributed by atoms with van der Waals surface area (Å²) in [7, 11) is 0. The monoisotopic (exact) mass is 430 g/mol. The molecule has 0 unspecified atom stereocenters. The summed E-state index contributed by atoms with van der Waals surface area (Å²) < 4.78 is 19.1. The van der Waals surface area contributed by atoms with Gasteiger partial charge in [-0.25, -0.2) is 9.18 Å². The van der Waals surface area contributed by atoms with Crippen molar-refractivity contribution < 1.29 is 23.5 Å². The Labute approximate surface area is 182 Å². The van der Waals surface area contributed by atoms with Crippen molar-refractivity contribution in [3.8, 4) is 0 Å². The molecule has 0 heterocycles. The minimum absolute atomic E-state index is 0.138. The van der Waals surface area contributed by atoms with Gasteiger partial charge in [0, 0.05) is 5.54 Å². The van der Waals surface area contributed by atoms with Crippen LogP contribution in [0.15, 0.2) is 24.3 Å². The predicted octanol–water partition coefficient (Wildman–Crippen LogP) is 3.21. The van der Waals surface area contributed by atoms with Crippen LogP contribution in [0.3, 0.4) is 0 Å². The number of nitrogens with one attached hydrogen (secondary N) is 2. The van der Waals surface area contributed by atoms with Crippen LogP contribution in [0.5, 0.6) is 0 Å². The minimum Gasteiger partial charge on any atom is -0.454 e. The molecule has 4 bridgehead atoms. The second-order valence-electron chi connectivity index (χ2n) is 10.0. The second kappa shape index (κ2) is 8.60. The van der Waals surface area contributed by atoms with Gasteiger partial charge in [-0.3, -0.25) is 9.59 Å². The summed E-state index contributed by atoms with van der Waals surface area (Å²) >= 11 is 0. The van der Waals surface area contributed by atoms with E-state index in [-0.39, 0.29) is 29.5 Å². The Bertz CT molecular complexity index is 834. The summed E-state index contributed by atoms with van der Waals surface area (Å²) in [6, 6.07) is 4.61. The maximum absolute atomic E-state index is 13.9. The summed E-state index contributed by atoms with van der Waals surface area (Å²) in [5, 5.41) is 5.71. The normalized spacial score (nSPS) is 29.5. The van der Waals surface area contributed by atoms with Crippen LogP contribution in [-0.4, -0.2) is 36.0 Å². The van der Waals surface area contributed by atoms with Gasteiger partial charge in [-0.1, -0.05) is 26.0 Å². The van der Waals surface area contributed by atoms with Gasteiger partial charge in [0.2, 0.25) is 0 Å². The maximum Gasteiger partial charge on any atom is 0.329 e. The first-order valence-electron chi connectivity index (χ1n) is 11.3. The highest BCUT2D eigenvalue weighted by molar-refractivity contribution is 5.97. The van der Waals surface area contributed by atoms with Crippen LogP contribution in [0, 0.1) is 29.5 Å². The van der Waals surface area contributed by atoms with Crippen LogP contribution in [0.2, 0.25) is 0 Å². The first kappa shape index (κ1) is 21.8. The average Bonchev–Trinajstić information content (AvgIpc) is 2.68. The van der Waals surface area contributed by atoms with Crippen molar-refractivity contribution in [3.05, 3.63) is 35.6 Å². The van der Waals surface area contributed by atoms with Crippen molar-refractivity contribution in [3.63, 3.8) is 0 Å². The maximum atomic E-state index is 13.9. The van der Waals surface area contributed by atoms with Crippen LogP contribution >= 0.6 is 0 Å². The lowest BCUT2D eigenvalue weighted by atomic mass is 9.53. The largest absolute Gasteiger partial charge is 0.454 e. The lowest BCUT2D eigenvalue weighted by Gasteiger charge is -2.56. The van der Waals surface area contributed by atoms with Gasteiger partial charge in [0.1, 0.15) is 11.9 Å². The second-order valence-corrected chi connectivity index (χ2v) is 10.0. The molecule has 4 aliphatic rings. The van der Waals surface area contributed by atoms with E-state index in [1.807, 2.05) is 0 Å². The van der Waals surface area contributed by atoms with Crippen LogP contribution in [0.25, 0.3) is 0 Å². The number of amides is 2. The third kappa shape index (κ3) is 4.75. The Morgan fingerprint density at radius 1 is 1.06 bits per heavy atom. The molecule has 4 fully saturated rings. The molecule has 1 aromatic rings. The Kier molecular flexibility index (Phi) is 6.04. The highest BCUT2D eigenvalue weighted by Gasteiger charge is 2.51. The fourth-order valence-electron chi connectivity index (χ4n) is 6.18. The average molecular weight is 431 g/mol. The molecule has 168 valence electrons. The third-order valence-electron chi connectivity index (χ3n) is 7.11. The van der Waals surface area contributed by atoms with Crippen molar-refractivity contribution in [1.82, 2.24) is 10.6 Å². The van der Waals surface area contributed by atoms with E-state index in [1.165, 1.54) is 37.5 Å². The van der Waals surface area contributed by atoms with Crippen molar-refractivity contribution in [1.29, 1.82) is 0 Å². The predicted molar refractivity (Wildman–Crippen MR) is 112 cm³/mol. The van der Waals surface area contributed by atoms with E-state index >= 15 is 0 Å². The first-order valence-corrected chi connectivity index (χ1v) is 11.3. The quantitative estimate of drug-likeness (QED) is 0.651. The molecule has 1 atom stereocenters. The zero-order valence-electron chi connectivity index (χ0n) is 18.2. The molecule has 0 radical (unpaired) electrons. The standard InChI is InChI=1S/C24H31FN2O4/c1-14(2)21(26-22(29)18-5-3-4-6-19(18)25)23(30)31-13-20(28)27-24-10-15-7-16(11-24)9-17(8-15)12-24/h3-6,14-17,21H,7-13H2,1-2H3,(H,26,29)(H,27,28)/t15?,16?,17?,21-,24?/m0/s1. The summed E-state index contributed by atoms with van der Waals surface area (Å²) in [4.78, 5) is 37.6. The van der Waals surface area contributed by atoms with Gasteiger partial charge < -0.3 is 15.4 Å². The fourth-order valence-corrected chi connectivity index (χ4v) is 6.18. The van der Waals surface area contributed by atoms with Gasteiger partial charge >= 0.3 is 5.97 Å². The van der Waals surface area contributed by atoms with Crippen LogP contribution in [0.4, 0.5) is 4.39 Å². The van der Waals surface area contributed by atoms with Gasteiger partial charge in [0.05, 0.1) is 5.56 Å². The summed E-state index contributed by atoms with van der Waals surface area (Å²) in [6.07, 6.45) is 6.90. The number of esters is 1. The van der Waals surface area contributed by atoms with Gasteiger partial charge in [-0.15, -0.1) is 0 Å². The molecule has 2 N–H and O–H groups in total. The zero-order chi connectivity index (χ0) is 22.2. The summed E-state index contributed by atoms with van der Waals surface area (Å²) in [6.45, 7) is 3.13. The number of halogens is 1. The van der Waals surface area contributed by atoms with Crippen molar-refractivity contribution in [2.45, 2.75) is 64.0 Å². The molecule has 0 saturated heterocycles. The topological polar surface area (TPSA) is 84.5 Å². The number of hydrogen-bond acceptors (Lipinski definition) is 4. The molecule has 4 saturated carbocycles. The number of hydrogen-bond donors (Lipinski definition) is 2. The van der Waals surface area contributed by atoms with Crippen LogP contribution in [0.1, 0.15) is 62.7 Å². The Balaban J connectivity index is 1.31. The number of carbonyl (C=O) groups excluding carboxylic acids is 3. The summed E-state index contributed by atoms with van der Waals surface area (Å²) in [5.74, 6) is -0.514. The highest BCUT2D eigenvalue weighted by atomic mass is 19.1. The SMILES string of the molecule is CC(C)[C@H](NC(=O)c1ccccc1F)C(=O)OCC(=O)NC12CC3CC(CC(C3)C1)C2. The number of carbonyl (C=O) groups is 3. The Morgan fingerprint density at radius 2 is 1.65 bits per heavy atom. The van der Waals surface area contributed by atoms with Gasteiger partial charge in [-0.2, -0.15) is 0 Å². The van der Waals surface area contributed by atoms with Gasteiger partial charge in [-0.05, 0) is 74.3 Å². The molecule has 1 aromatic carbocycles. The molecule has 4 aliphatic carbocycles. The van der Waals surface area contributed by atoms with Crippen molar-refractivity contribution in [2.24, 2.45) is 23.7 Å². The molecule has 2 amide bonds. The number of ether oxygens (including phenoxy) is 1. The first-order chi connectivity index (χ1) is 14.7. The molecule has 0 aliphatic heterocycles. The van der Waals surface area contributed by atoms with Crippen LogP contribution in [-0.2, 0) is 14.3 Å². The number of rotatable bonds is 7. The van der Waals surface area contributed by atoms with E-state index in [0.717, 1.165) is 19.3 Å². The van der Waals surface area contributed by atoms with Crippen LogP contribution < -0.4 is 10.6 Å². The van der Waals surface area contributed by atoms with E-state index in [1.54, 1.807) is 19.9 Å². The fraction of sp³-hybridized carbons (Fsp3) is 0.625. The van der Waals surface area contributed by atoms with E-state index < -0.39 is 23.7 Å².